The lowest BCUT2D eigenvalue weighted by Crippen LogP contribution is -2.43. The van der Waals surface area contributed by atoms with Gasteiger partial charge in [0.25, 0.3) is 5.91 Å². The first-order valence-corrected chi connectivity index (χ1v) is 10.4. The van der Waals surface area contributed by atoms with Crippen molar-refractivity contribution < 1.29 is 17.9 Å². The normalized spacial score (nSPS) is 17.9. The first kappa shape index (κ1) is 18.7. The Bertz CT molecular complexity index is 838. The van der Waals surface area contributed by atoms with Gasteiger partial charge < -0.3 is 9.64 Å². The monoisotopic (exact) mass is 396 g/mol. The third kappa shape index (κ3) is 4.37. The van der Waals surface area contributed by atoms with E-state index in [9.17, 15) is 13.2 Å². The summed E-state index contributed by atoms with van der Waals surface area (Å²) in [5.74, 6) is 0.510. The summed E-state index contributed by atoms with van der Waals surface area (Å²) in [5, 5.41) is 0. The lowest BCUT2D eigenvalue weighted by Gasteiger charge is -2.32. The van der Waals surface area contributed by atoms with Gasteiger partial charge in [0.15, 0.2) is 5.69 Å². The van der Waals surface area contributed by atoms with E-state index in [1.807, 2.05) is 0 Å². The molecule has 10 heteroatoms. The molecule has 26 heavy (non-hydrogen) atoms. The van der Waals surface area contributed by atoms with Crippen molar-refractivity contribution >= 4 is 27.7 Å². The number of likely N-dealkylation sites (tertiary alicyclic amines) is 1. The summed E-state index contributed by atoms with van der Waals surface area (Å²) in [6.07, 6.45) is 3.16. The predicted octanol–water partition coefficient (Wildman–Crippen LogP) is 1.38. The van der Waals surface area contributed by atoms with E-state index in [2.05, 4.69) is 13.5 Å². The fraction of sp³-hybridized carbons (Fsp3) is 0.438. The van der Waals surface area contributed by atoms with Crippen LogP contribution in [0.15, 0.2) is 35.4 Å². The van der Waals surface area contributed by atoms with Crippen molar-refractivity contribution in [2.24, 2.45) is 5.92 Å². The summed E-state index contributed by atoms with van der Waals surface area (Å²) in [4.78, 5) is 14.3. The molecule has 1 aliphatic rings. The zero-order valence-electron chi connectivity index (χ0n) is 14.3. The molecule has 1 aromatic carbocycles. The van der Waals surface area contributed by atoms with Crippen LogP contribution in [0.3, 0.4) is 0 Å². The maximum Gasteiger partial charge on any atom is 0.275 e. The Morgan fingerprint density at radius 1 is 1.38 bits per heavy atom. The second-order valence-electron chi connectivity index (χ2n) is 6.08. The van der Waals surface area contributed by atoms with Crippen LogP contribution in [0.5, 0.6) is 5.75 Å². The Morgan fingerprint density at radius 2 is 2.15 bits per heavy atom. The molecule has 140 valence electrons. The van der Waals surface area contributed by atoms with Crippen molar-refractivity contribution in [1.29, 1.82) is 0 Å². The SMILES string of the molecule is COc1ccc(S(=O)(=O)NCC2CCCN(C(=O)c3cnsn3)C2)cc1. The molecule has 1 unspecified atom stereocenters. The van der Waals surface area contributed by atoms with Crippen LogP contribution < -0.4 is 9.46 Å². The van der Waals surface area contributed by atoms with E-state index in [0.717, 1.165) is 24.6 Å². The topological polar surface area (TPSA) is 101 Å². The highest BCUT2D eigenvalue weighted by Gasteiger charge is 2.27. The number of hydrogen-bond acceptors (Lipinski definition) is 7. The van der Waals surface area contributed by atoms with Crippen LogP contribution in [0, 0.1) is 5.92 Å². The standard InChI is InChI=1S/C16H20N4O4S2/c1-24-13-4-6-14(7-5-13)26(22,23)18-9-12-3-2-8-20(11-12)16(21)15-10-17-25-19-15/h4-7,10,12,18H,2-3,8-9,11H2,1H3. The van der Waals surface area contributed by atoms with E-state index in [0.29, 0.717) is 24.5 Å². The summed E-state index contributed by atoms with van der Waals surface area (Å²) >= 11 is 0.998. The van der Waals surface area contributed by atoms with Crippen molar-refractivity contribution in [2.75, 3.05) is 26.7 Å². The van der Waals surface area contributed by atoms with Crippen LogP contribution in [-0.4, -0.2) is 54.7 Å². The molecule has 0 bridgehead atoms. The summed E-state index contributed by atoms with van der Waals surface area (Å²) in [6.45, 7) is 1.44. The molecule has 3 rings (SSSR count). The van der Waals surface area contributed by atoms with Gasteiger partial charge in [-0.15, -0.1) is 0 Å². The Morgan fingerprint density at radius 3 is 2.81 bits per heavy atom. The van der Waals surface area contributed by atoms with E-state index in [-0.39, 0.29) is 23.3 Å². The number of piperidine rings is 1. The van der Waals surface area contributed by atoms with Crippen LogP contribution in [0.25, 0.3) is 0 Å². The smallest absolute Gasteiger partial charge is 0.275 e. The maximum absolute atomic E-state index is 12.4. The predicted molar refractivity (Wildman–Crippen MR) is 96.7 cm³/mol. The molecule has 8 nitrogen and oxygen atoms in total. The summed E-state index contributed by atoms with van der Waals surface area (Å²) in [5.41, 5.74) is 0.342. The highest BCUT2D eigenvalue weighted by Crippen LogP contribution is 2.19. The van der Waals surface area contributed by atoms with Gasteiger partial charge in [-0.2, -0.15) is 8.75 Å². The molecule has 2 aromatic rings. The number of hydrogen-bond donors (Lipinski definition) is 1. The second-order valence-corrected chi connectivity index (χ2v) is 8.40. The van der Waals surface area contributed by atoms with Gasteiger partial charge >= 0.3 is 0 Å². The van der Waals surface area contributed by atoms with Gasteiger partial charge in [-0.1, -0.05) is 0 Å². The molecule has 1 aliphatic heterocycles. The van der Waals surface area contributed by atoms with Crippen molar-refractivity contribution in [3.63, 3.8) is 0 Å². The summed E-state index contributed by atoms with van der Waals surface area (Å²) in [6, 6.07) is 6.23. The number of carbonyl (C=O) groups excluding carboxylic acids is 1. The minimum atomic E-state index is -3.60. The fourth-order valence-corrected chi connectivity index (χ4v) is 4.43. The molecule has 1 saturated heterocycles. The van der Waals surface area contributed by atoms with Crippen molar-refractivity contribution in [1.82, 2.24) is 18.4 Å². The van der Waals surface area contributed by atoms with E-state index in [4.69, 9.17) is 4.74 Å². The molecule has 0 aliphatic carbocycles. The van der Waals surface area contributed by atoms with E-state index in [1.165, 1.54) is 25.4 Å². The molecule has 0 saturated carbocycles. The first-order chi connectivity index (χ1) is 12.5. The quantitative estimate of drug-likeness (QED) is 0.791. The number of sulfonamides is 1. The number of rotatable bonds is 6. The highest BCUT2D eigenvalue weighted by atomic mass is 32.2. The molecule has 1 N–H and O–H groups in total. The largest absolute Gasteiger partial charge is 0.497 e. The number of nitrogens with one attached hydrogen (secondary N) is 1. The van der Waals surface area contributed by atoms with Gasteiger partial charge in [-0.3, -0.25) is 4.79 Å². The van der Waals surface area contributed by atoms with Gasteiger partial charge in [0, 0.05) is 19.6 Å². The van der Waals surface area contributed by atoms with Gasteiger partial charge in [0.2, 0.25) is 10.0 Å². The van der Waals surface area contributed by atoms with Crippen LogP contribution in [-0.2, 0) is 10.0 Å². The number of nitrogens with zero attached hydrogens (tertiary/aromatic N) is 3. The summed E-state index contributed by atoms with van der Waals surface area (Å²) < 4.78 is 40.4. The Kier molecular flexibility index (Phi) is 5.84. The number of benzene rings is 1. The highest BCUT2D eigenvalue weighted by molar-refractivity contribution is 7.89. The zero-order chi connectivity index (χ0) is 18.6. The van der Waals surface area contributed by atoms with Crippen molar-refractivity contribution in [2.45, 2.75) is 17.7 Å². The Hall–Kier alpha value is -2.04. The third-order valence-corrected chi connectivity index (χ3v) is 6.24. The molecule has 2 heterocycles. The average molecular weight is 396 g/mol. The lowest BCUT2D eigenvalue weighted by molar-refractivity contribution is 0.0671. The average Bonchev–Trinajstić information content (AvgIpc) is 3.21. The van der Waals surface area contributed by atoms with E-state index >= 15 is 0 Å². The molecule has 1 aromatic heterocycles. The minimum Gasteiger partial charge on any atom is -0.497 e. The molecule has 0 spiro atoms. The van der Waals surface area contributed by atoms with E-state index < -0.39 is 10.0 Å². The van der Waals surface area contributed by atoms with Gasteiger partial charge in [0.05, 0.1) is 29.9 Å². The Balaban J connectivity index is 1.59. The second kappa shape index (κ2) is 8.11. The Labute approximate surface area is 156 Å². The molecule has 1 amide bonds. The number of carbonyl (C=O) groups is 1. The third-order valence-electron chi connectivity index (χ3n) is 4.32. The van der Waals surface area contributed by atoms with Gasteiger partial charge in [-0.05, 0) is 43.0 Å². The number of amides is 1. The van der Waals surface area contributed by atoms with Crippen LogP contribution in [0.1, 0.15) is 23.3 Å². The molecular formula is C16H20N4O4S2. The minimum absolute atomic E-state index is 0.0623. The number of methoxy groups -OCH3 is 1. The van der Waals surface area contributed by atoms with E-state index in [1.54, 1.807) is 17.0 Å². The van der Waals surface area contributed by atoms with Crippen LogP contribution >= 0.6 is 11.7 Å². The van der Waals surface area contributed by atoms with Crippen molar-refractivity contribution in [3.8, 4) is 5.75 Å². The maximum atomic E-state index is 12.4. The summed E-state index contributed by atoms with van der Waals surface area (Å²) in [7, 11) is -2.07. The van der Waals surface area contributed by atoms with Gasteiger partial charge in [-0.25, -0.2) is 13.1 Å². The first-order valence-electron chi connectivity index (χ1n) is 8.20. The zero-order valence-corrected chi connectivity index (χ0v) is 15.9. The van der Waals surface area contributed by atoms with Gasteiger partial charge in [0.1, 0.15) is 5.75 Å². The molecular weight excluding hydrogens is 376 g/mol. The molecule has 0 radical (unpaired) electrons. The number of ether oxygens (including phenoxy) is 1. The molecule has 1 fully saturated rings. The fourth-order valence-electron chi connectivity index (χ4n) is 2.90. The van der Waals surface area contributed by atoms with Crippen LogP contribution in [0.2, 0.25) is 0 Å². The van der Waals surface area contributed by atoms with Crippen molar-refractivity contribution in [3.05, 3.63) is 36.2 Å². The lowest BCUT2D eigenvalue weighted by atomic mass is 9.98. The van der Waals surface area contributed by atoms with Crippen LogP contribution in [0.4, 0.5) is 0 Å². The molecule has 1 atom stereocenters. The number of aromatic nitrogens is 2.